The molecule has 0 aliphatic carbocycles. The lowest BCUT2D eigenvalue weighted by atomic mass is 10.2. The molecule has 0 saturated carbocycles. The molecule has 0 unspecified atom stereocenters. The first-order valence-corrected chi connectivity index (χ1v) is 11.8. The van der Waals surface area contributed by atoms with Crippen LogP contribution in [-0.2, 0) is 14.8 Å². The first kappa shape index (κ1) is 23.0. The first-order chi connectivity index (χ1) is 14.7. The van der Waals surface area contributed by atoms with Crippen molar-refractivity contribution in [2.45, 2.75) is 4.90 Å². The topological polar surface area (TPSA) is 75.7 Å². The van der Waals surface area contributed by atoms with Gasteiger partial charge in [0.25, 0.3) is 0 Å². The Labute approximate surface area is 190 Å². The Bertz CT molecular complexity index is 1230. The number of ether oxygens (including phenoxy) is 1. The van der Waals surface area contributed by atoms with Crippen molar-refractivity contribution in [2.24, 2.45) is 0 Å². The Balaban J connectivity index is 1.78. The second-order valence-electron chi connectivity index (χ2n) is 6.65. The van der Waals surface area contributed by atoms with Crippen molar-refractivity contribution < 1.29 is 17.9 Å². The molecule has 0 aliphatic rings. The summed E-state index contributed by atoms with van der Waals surface area (Å²) in [6.45, 7) is 0. The molecule has 0 saturated heterocycles. The number of methoxy groups -OCH3 is 1. The summed E-state index contributed by atoms with van der Waals surface area (Å²) in [5, 5.41) is 3.34. The molecule has 1 aromatic heterocycles. The van der Waals surface area contributed by atoms with E-state index in [1.165, 1.54) is 56.8 Å². The van der Waals surface area contributed by atoms with Crippen LogP contribution in [-0.4, -0.2) is 39.8 Å². The van der Waals surface area contributed by atoms with Gasteiger partial charge in [0.2, 0.25) is 15.9 Å². The minimum atomic E-state index is -3.64. The van der Waals surface area contributed by atoms with Crippen LogP contribution < -0.4 is 10.1 Å². The number of amides is 1. The Morgan fingerprint density at radius 2 is 1.87 bits per heavy atom. The number of carbonyl (C=O) groups excluding carboxylic acids is 1. The van der Waals surface area contributed by atoms with Crippen molar-refractivity contribution in [2.75, 3.05) is 26.5 Å². The number of hydrogen-bond acceptors (Lipinski definition) is 5. The number of benzene rings is 2. The zero-order chi connectivity index (χ0) is 22.6. The fraction of sp³-hybridized carbons (Fsp3) is 0.136. The Hall–Kier alpha value is -2.65. The minimum absolute atomic E-state index is 0.0558. The van der Waals surface area contributed by atoms with Gasteiger partial charge < -0.3 is 10.1 Å². The third kappa shape index (κ3) is 5.34. The van der Waals surface area contributed by atoms with E-state index >= 15 is 0 Å². The van der Waals surface area contributed by atoms with Crippen LogP contribution in [0.25, 0.3) is 16.5 Å². The number of sulfonamides is 1. The quantitative estimate of drug-likeness (QED) is 0.488. The number of carbonyl (C=O) groups is 1. The van der Waals surface area contributed by atoms with Crippen LogP contribution in [0, 0.1) is 0 Å². The van der Waals surface area contributed by atoms with Gasteiger partial charge in [-0.2, -0.15) is 0 Å². The van der Waals surface area contributed by atoms with Crippen LogP contribution in [0.4, 0.5) is 5.69 Å². The van der Waals surface area contributed by atoms with Crippen molar-refractivity contribution in [1.82, 2.24) is 4.31 Å². The number of halogens is 1. The lowest BCUT2D eigenvalue weighted by molar-refractivity contribution is -0.111. The van der Waals surface area contributed by atoms with Crippen molar-refractivity contribution >= 4 is 50.6 Å². The molecule has 0 fully saturated rings. The molecule has 0 aliphatic heterocycles. The number of rotatable bonds is 7. The van der Waals surface area contributed by atoms with Crippen molar-refractivity contribution in [3.63, 3.8) is 0 Å². The first-order valence-electron chi connectivity index (χ1n) is 9.16. The maximum absolute atomic E-state index is 12.4. The predicted molar refractivity (Wildman–Crippen MR) is 126 cm³/mol. The molecule has 0 spiro atoms. The van der Waals surface area contributed by atoms with Gasteiger partial charge in [-0.05, 0) is 42.5 Å². The molecule has 1 amide bonds. The summed E-state index contributed by atoms with van der Waals surface area (Å²) in [7, 11) is 0.690. The van der Waals surface area contributed by atoms with Crippen molar-refractivity contribution in [3.8, 4) is 16.2 Å². The zero-order valence-electron chi connectivity index (χ0n) is 17.1. The minimum Gasteiger partial charge on any atom is -0.495 e. The lowest BCUT2D eigenvalue weighted by Gasteiger charge is -2.14. The molecule has 6 nitrogen and oxygen atoms in total. The fourth-order valence-electron chi connectivity index (χ4n) is 2.74. The highest BCUT2D eigenvalue weighted by molar-refractivity contribution is 7.89. The number of hydrogen-bond donors (Lipinski definition) is 1. The smallest absolute Gasteiger partial charge is 0.248 e. The molecule has 1 heterocycles. The van der Waals surface area contributed by atoms with Gasteiger partial charge in [0.15, 0.2) is 0 Å². The Morgan fingerprint density at radius 1 is 1.13 bits per heavy atom. The van der Waals surface area contributed by atoms with Gasteiger partial charge in [0, 0.05) is 40.5 Å². The van der Waals surface area contributed by atoms with Gasteiger partial charge in [-0.1, -0.05) is 29.8 Å². The van der Waals surface area contributed by atoms with Gasteiger partial charge in [0.1, 0.15) is 5.75 Å². The molecule has 3 aromatic rings. The van der Waals surface area contributed by atoms with E-state index in [0.717, 1.165) is 19.6 Å². The second-order valence-corrected chi connectivity index (χ2v) is 10.3. The van der Waals surface area contributed by atoms with Crippen LogP contribution in [0.1, 0.15) is 4.88 Å². The molecule has 162 valence electrons. The predicted octanol–water partition coefficient (Wildman–Crippen LogP) is 4.98. The van der Waals surface area contributed by atoms with E-state index in [2.05, 4.69) is 5.32 Å². The monoisotopic (exact) mass is 476 g/mol. The summed E-state index contributed by atoms with van der Waals surface area (Å²) in [5.74, 6) is -0.0537. The normalized spacial score (nSPS) is 11.8. The van der Waals surface area contributed by atoms with E-state index in [9.17, 15) is 13.2 Å². The van der Waals surface area contributed by atoms with Crippen LogP contribution in [0.15, 0.2) is 65.6 Å². The van der Waals surface area contributed by atoms with Gasteiger partial charge in [-0.25, -0.2) is 12.7 Å². The molecular weight excluding hydrogens is 456 g/mol. The lowest BCUT2D eigenvalue weighted by Crippen LogP contribution is -2.22. The molecule has 0 radical (unpaired) electrons. The van der Waals surface area contributed by atoms with E-state index in [0.29, 0.717) is 10.8 Å². The second kappa shape index (κ2) is 9.65. The highest BCUT2D eigenvalue weighted by atomic mass is 35.5. The van der Waals surface area contributed by atoms with Gasteiger partial charge >= 0.3 is 0 Å². The number of nitrogens with zero attached hydrogens (tertiary/aromatic N) is 1. The molecular formula is C22H21ClN2O4S2. The van der Waals surface area contributed by atoms with E-state index in [4.69, 9.17) is 16.3 Å². The van der Waals surface area contributed by atoms with Crippen LogP contribution in [0.5, 0.6) is 5.75 Å². The summed E-state index contributed by atoms with van der Waals surface area (Å²) < 4.78 is 31.1. The highest BCUT2D eigenvalue weighted by Crippen LogP contribution is 2.34. The average molecular weight is 477 g/mol. The molecule has 1 N–H and O–H groups in total. The summed E-state index contributed by atoms with van der Waals surface area (Å²) in [6, 6.07) is 15.7. The maximum Gasteiger partial charge on any atom is 0.248 e. The summed E-state index contributed by atoms with van der Waals surface area (Å²) >= 11 is 7.75. The number of anilines is 1. The summed E-state index contributed by atoms with van der Waals surface area (Å²) in [6.07, 6.45) is 3.07. The molecule has 0 bridgehead atoms. The average Bonchev–Trinajstić information content (AvgIpc) is 3.21. The van der Waals surface area contributed by atoms with Crippen LogP contribution in [0.3, 0.4) is 0 Å². The van der Waals surface area contributed by atoms with Crippen LogP contribution in [0.2, 0.25) is 5.02 Å². The van der Waals surface area contributed by atoms with Gasteiger partial charge in [-0.15, -0.1) is 11.3 Å². The van der Waals surface area contributed by atoms with E-state index < -0.39 is 15.9 Å². The molecule has 31 heavy (non-hydrogen) atoms. The van der Waals surface area contributed by atoms with E-state index in [1.54, 1.807) is 6.08 Å². The Kier molecular flexibility index (Phi) is 7.17. The van der Waals surface area contributed by atoms with E-state index in [-0.39, 0.29) is 10.6 Å². The molecule has 2 aromatic carbocycles. The maximum atomic E-state index is 12.4. The third-order valence-corrected chi connectivity index (χ3v) is 7.60. The standard InChI is InChI=1S/C22H21ClN2O4S2/c1-25(2)31(27,28)16-10-11-20(29-3)19(14-16)24-22(26)13-9-15-8-12-21(30-15)17-6-4-5-7-18(17)23/h4-14H,1-3H3,(H,24,26)/b13-9+. The third-order valence-electron chi connectivity index (χ3n) is 4.37. The number of thiophene rings is 1. The highest BCUT2D eigenvalue weighted by Gasteiger charge is 2.19. The summed E-state index contributed by atoms with van der Waals surface area (Å²) in [4.78, 5) is 14.4. The van der Waals surface area contributed by atoms with Crippen LogP contribution >= 0.6 is 22.9 Å². The number of nitrogens with one attached hydrogen (secondary N) is 1. The fourth-order valence-corrected chi connectivity index (χ4v) is 4.91. The molecule has 0 atom stereocenters. The van der Waals surface area contributed by atoms with Gasteiger partial charge in [-0.3, -0.25) is 4.79 Å². The Morgan fingerprint density at radius 3 is 2.55 bits per heavy atom. The zero-order valence-corrected chi connectivity index (χ0v) is 19.5. The summed E-state index contributed by atoms with van der Waals surface area (Å²) in [5.41, 5.74) is 1.20. The van der Waals surface area contributed by atoms with Crippen molar-refractivity contribution in [1.29, 1.82) is 0 Å². The van der Waals surface area contributed by atoms with E-state index in [1.807, 2.05) is 36.4 Å². The molecule has 3 rings (SSSR count). The largest absolute Gasteiger partial charge is 0.495 e. The van der Waals surface area contributed by atoms with Crippen molar-refractivity contribution in [3.05, 3.63) is 70.6 Å². The van der Waals surface area contributed by atoms with Gasteiger partial charge in [0.05, 0.1) is 17.7 Å². The molecule has 9 heteroatoms. The SMILES string of the molecule is COc1ccc(S(=O)(=O)N(C)C)cc1NC(=O)/C=C/c1ccc(-c2ccccc2Cl)s1.